The molecule has 8 heteroatoms. The molecule has 1 aliphatic heterocycles. The van der Waals surface area contributed by atoms with Crippen LogP contribution in [0.4, 0.5) is 0 Å². The van der Waals surface area contributed by atoms with Crippen LogP contribution >= 0.6 is 0 Å². The van der Waals surface area contributed by atoms with Gasteiger partial charge in [0, 0.05) is 44.4 Å². The lowest BCUT2D eigenvalue weighted by molar-refractivity contribution is 0.0583. The summed E-state index contributed by atoms with van der Waals surface area (Å²) in [7, 11) is 1.57. The van der Waals surface area contributed by atoms with E-state index in [0.717, 1.165) is 12.8 Å². The molecule has 0 bridgehead atoms. The monoisotopic (exact) mass is 379 g/mol. The molecule has 144 valence electrons. The van der Waals surface area contributed by atoms with Crippen molar-refractivity contribution >= 4 is 5.91 Å². The fraction of sp³-hybridized carbons (Fsp3) is 0.300. The molecule has 0 N–H and O–H groups in total. The Kier molecular flexibility index (Phi) is 5.18. The van der Waals surface area contributed by atoms with Crippen molar-refractivity contribution in [1.29, 1.82) is 0 Å². The van der Waals surface area contributed by atoms with E-state index in [9.17, 15) is 4.79 Å². The quantitative estimate of drug-likeness (QED) is 0.677. The summed E-state index contributed by atoms with van der Waals surface area (Å²) in [5.74, 6) is 1.69. The van der Waals surface area contributed by atoms with Crippen LogP contribution in [-0.2, 0) is 0 Å². The van der Waals surface area contributed by atoms with Gasteiger partial charge in [-0.3, -0.25) is 4.79 Å². The number of benzene rings is 1. The predicted molar refractivity (Wildman–Crippen MR) is 102 cm³/mol. The van der Waals surface area contributed by atoms with Gasteiger partial charge < -0.3 is 14.4 Å². The standard InChI is InChI=1S/C20H21N5O3/c1-27-17-6-3-2-5-16(17)20(26)24-13-9-15(10-14-24)28-19-8-7-18(22-23-19)25-12-4-11-21-25/h2-8,11-12,15H,9-10,13-14H2,1H3. The van der Waals surface area contributed by atoms with Crippen LogP contribution in [0.15, 0.2) is 54.9 Å². The van der Waals surface area contributed by atoms with Gasteiger partial charge in [-0.1, -0.05) is 12.1 Å². The van der Waals surface area contributed by atoms with Gasteiger partial charge in [-0.25, -0.2) is 4.68 Å². The van der Waals surface area contributed by atoms with Gasteiger partial charge in [0.05, 0.1) is 12.7 Å². The number of rotatable bonds is 5. The highest BCUT2D eigenvalue weighted by Crippen LogP contribution is 2.23. The highest BCUT2D eigenvalue weighted by atomic mass is 16.5. The van der Waals surface area contributed by atoms with Crippen LogP contribution in [0.5, 0.6) is 11.6 Å². The largest absolute Gasteiger partial charge is 0.496 e. The van der Waals surface area contributed by atoms with E-state index in [0.29, 0.717) is 36.1 Å². The van der Waals surface area contributed by atoms with Crippen LogP contribution in [0, 0.1) is 0 Å². The maximum Gasteiger partial charge on any atom is 0.257 e. The van der Waals surface area contributed by atoms with Gasteiger partial charge in [0.1, 0.15) is 11.9 Å². The molecule has 1 saturated heterocycles. The number of amides is 1. The van der Waals surface area contributed by atoms with Crippen LogP contribution in [0.1, 0.15) is 23.2 Å². The topological polar surface area (TPSA) is 82.4 Å². The summed E-state index contributed by atoms with van der Waals surface area (Å²) in [5.41, 5.74) is 0.587. The van der Waals surface area contributed by atoms with Gasteiger partial charge in [-0.2, -0.15) is 5.10 Å². The zero-order valence-electron chi connectivity index (χ0n) is 15.6. The fourth-order valence-electron chi connectivity index (χ4n) is 3.24. The number of hydrogen-bond donors (Lipinski definition) is 0. The summed E-state index contributed by atoms with van der Waals surface area (Å²) in [5, 5.41) is 12.4. The zero-order chi connectivity index (χ0) is 19.3. The fourth-order valence-corrected chi connectivity index (χ4v) is 3.24. The van der Waals surface area contributed by atoms with Crippen molar-refractivity contribution in [2.45, 2.75) is 18.9 Å². The summed E-state index contributed by atoms with van der Waals surface area (Å²) in [6.45, 7) is 1.25. The number of para-hydroxylation sites is 1. The smallest absolute Gasteiger partial charge is 0.257 e. The van der Waals surface area contributed by atoms with Crippen molar-refractivity contribution in [2.24, 2.45) is 0 Å². The Morgan fingerprint density at radius 2 is 1.89 bits per heavy atom. The highest BCUT2D eigenvalue weighted by molar-refractivity contribution is 5.97. The summed E-state index contributed by atoms with van der Waals surface area (Å²) < 4.78 is 12.9. The lowest BCUT2D eigenvalue weighted by Gasteiger charge is -2.32. The molecule has 28 heavy (non-hydrogen) atoms. The van der Waals surface area contributed by atoms with Crippen molar-refractivity contribution in [1.82, 2.24) is 24.9 Å². The minimum atomic E-state index is -0.0146. The van der Waals surface area contributed by atoms with Crippen molar-refractivity contribution in [2.75, 3.05) is 20.2 Å². The summed E-state index contributed by atoms with van der Waals surface area (Å²) in [4.78, 5) is 14.6. The van der Waals surface area contributed by atoms with Gasteiger partial charge >= 0.3 is 0 Å². The van der Waals surface area contributed by atoms with E-state index in [2.05, 4.69) is 15.3 Å². The number of carbonyl (C=O) groups is 1. The third kappa shape index (κ3) is 3.80. The molecular weight excluding hydrogens is 358 g/mol. The maximum atomic E-state index is 12.8. The molecular formula is C20H21N5O3. The van der Waals surface area contributed by atoms with Crippen molar-refractivity contribution in [3.05, 3.63) is 60.4 Å². The second-order valence-electron chi connectivity index (χ2n) is 6.49. The maximum absolute atomic E-state index is 12.8. The van der Waals surface area contributed by atoms with Crippen molar-refractivity contribution in [3.8, 4) is 17.4 Å². The SMILES string of the molecule is COc1ccccc1C(=O)N1CCC(Oc2ccc(-n3cccn3)nn2)CC1. The van der Waals surface area contributed by atoms with Crippen LogP contribution < -0.4 is 9.47 Å². The Morgan fingerprint density at radius 1 is 1.07 bits per heavy atom. The number of likely N-dealkylation sites (tertiary alicyclic amines) is 1. The van der Waals surface area contributed by atoms with E-state index < -0.39 is 0 Å². The first-order chi connectivity index (χ1) is 13.7. The molecule has 0 radical (unpaired) electrons. The molecule has 0 unspecified atom stereocenters. The molecule has 0 saturated carbocycles. The zero-order valence-corrected chi connectivity index (χ0v) is 15.6. The highest BCUT2D eigenvalue weighted by Gasteiger charge is 2.26. The third-order valence-electron chi connectivity index (χ3n) is 4.72. The molecule has 3 heterocycles. The average molecular weight is 379 g/mol. The molecule has 4 rings (SSSR count). The van der Waals surface area contributed by atoms with Gasteiger partial charge in [0.15, 0.2) is 5.82 Å². The normalized spacial score (nSPS) is 14.7. The Labute approximate surface area is 162 Å². The number of ether oxygens (including phenoxy) is 2. The second-order valence-corrected chi connectivity index (χ2v) is 6.49. The Balaban J connectivity index is 1.33. The number of nitrogens with zero attached hydrogens (tertiary/aromatic N) is 5. The van der Waals surface area contributed by atoms with E-state index in [1.165, 1.54) is 0 Å². The van der Waals surface area contributed by atoms with E-state index >= 15 is 0 Å². The van der Waals surface area contributed by atoms with Crippen LogP contribution in [0.3, 0.4) is 0 Å². The number of carbonyl (C=O) groups excluding carboxylic acids is 1. The van der Waals surface area contributed by atoms with E-state index in [1.807, 2.05) is 29.2 Å². The Bertz CT molecular complexity index is 919. The summed E-state index contributed by atoms with van der Waals surface area (Å²) >= 11 is 0. The summed E-state index contributed by atoms with van der Waals surface area (Å²) in [6, 6.07) is 12.7. The molecule has 0 spiro atoms. The van der Waals surface area contributed by atoms with Gasteiger partial charge in [0.25, 0.3) is 5.91 Å². The molecule has 1 aromatic carbocycles. The van der Waals surface area contributed by atoms with Gasteiger partial charge in [-0.15, -0.1) is 10.2 Å². The number of methoxy groups -OCH3 is 1. The first kappa shape index (κ1) is 18.0. The Morgan fingerprint density at radius 3 is 2.57 bits per heavy atom. The number of aromatic nitrogens is 4. The number of hydrogen-bond acceptors (Lipinski definition) is 6. The van der Waals surface area contributed by atoms with Crippen LogP contribution in [0.2, 0.25) is 0 Å². The van der Waals surface area contributed by atoms with E-state index in [4.69, 9.17) is 9.47 Å². The first-order valence-electron chi connectivity index (χ1n) is 9.17. The summed E-state index contributed by atoms with van der Waals surface area (Å²) in [6.07, 6.45) is 4.98. The van der Waals surface area contributed by atoms with Gasteiger partial charge in [0.2, 0.25) is 5.88 Å². The molecule has 2 aromatic heterocycles. The van der Waals surface area contributed by atoms with Crippen LogP contribution in [0.25, 0.3) is 5.82 Å². The van der Waals surface area contributed by atoms with Gasteiger partial charge in [-0.05, 0) is 24.3 Å². The number of piperidine rings is 1. The Hall–Kier alpha value is -3.42. The molecule has 1 fully saturated rings. The first-order valence-corrected chi connectivity index (χ1v) is 9.17. The average Bonchev–Trinajstić information content (AvgIpc) is 3.29. The minimum absolute atomic E-state index is 0.00609. The lowest BCUT2D eigenvalue weighted by atomic mass is 10.1. The molecule has 0 atom stereocenters. The molecule has 8 nitrogen and oxygen atoms in total. The van der Waals surface area contributed by atoms with Crippen molar-refractivity contribution < 1.29 is 14.3 Å². The molecule has 0 aliphatic carbocycles. The van der Waals surface area contributed by atoms with Crippen molar-refractivity contribution in [3.63, 3.8) is 0 Å². The lowest BCUT2D eigenvalue weighted by Crippen LogP contribution is -2.42. The van der Waals surface area contributed by atoms with Crippen LogP contribution in [-0.4, -0.2) is 57.1 Å². The molecule has 3 aromatic rings. The molecule has 1 amide bonds. The minimum Gasteiger partial charge on any atom is -0.496 e. The molecule has 1 aliphatic rings. The third-order valence-corrected chi connectivity index (χ3v) is 4.72. The van der Waals surface area contributed by atoms with E-state index in [-0.39, 0.29) is 12.0 Å². The predicted octanol–water partition coefficient (Wildman–Crippen LogP) is 2.35. The second kappa shape index (κ2) is 8.08. The van der Waals surface area contributed by atoms with E-state index in [1.54, 1.807) is 42.4 Å².